The number of carbonyl (C=O) groups is 2. The second-order valence-electron chi connectivity index (χ2n) is 5.35. The maximum absolute atomic E-state index is 11.9. The lowest BCUT2D eigenvalue weighted by Gasteiger charge is -2.12. The molecule has 0 spiro atoms. The number of ether oxygens (including phenoxy) is 1. The average molecular weight is 290 g/mol. The minimum atomic E-state index is -0.349. The molecule has 114 valence electrons. The Morgan fingerprint density at radius 1 is 1.33 bits per heavy atom. The lowest BCUT2D eigenvalue weighted by Crippen LogP contribution is -2.31. The molecule has 1 aromatic rings. The normalized spacial score (nSPS) is 19.0. The van der Waals surface area contributed by atoms with Gasteiger partial charge in [0, 0.05) is 23.9 Å². The number of anilines is 1. The topological polar surface area (TPSA) is 67.4 Å². The molecule has 0 aliphatic carbocycles. The van der Waals surface area contributed by atoms with E-state index in [0.717, 1.165) is 19.3 Å². The number of nitrogens with one attached hydrogen (secondary N) is 2. The molecule has 0 bridgehead atoms. The van der Waals surface area contributed by atoms with Crippen molar-refractivity contribution in [3.63, 3.8) is 0 Å². The zero-order chi connectivity index (χ0) is 15.2. The highest BCUT2D eigenvalue weighted by molar-refractivity contribution is 5.97. The van der Waals surface area contributed by atoms with Crippen LogP contribution in [0.2, 0.25) is 0 Å². The van der Waals surface area contributed by atoms with Crippen LogP contribution in [0.15, 0.2) is 24.3 Å². The van der Waals surface area contributed by atoms with Crippen molar-refractivity contribution < 1.29 is 14.3 Å². The summed E-state index contributed by atoms with van der Waals surface area (Å²) in [6, 6.07) is 7.04. The van der Waals surface area contributed by atoms with Crippen LogP contribution in [0.4, 0.5) is 5.69 Å². The van der Waals surface area contributed by atoms with Crippen LogP contribution >= 0.6 is 0 Å². The Labute approximate surface area is 125 Å². The number of rotatable bonds is 5. The Balaban J connectivity index is 1.92. The van der Waals surface area contributed by atoms with Gasteiger partial charge in [-0.15, -0.1) is 0 Å². The van der Waals surface area contributed by atoms with Gasteiger partial charge in [-0.3, -0.25) is 9.59 Å². The van der Waals surface area contributed by atoms with Crippen molar-refractivity contribution >= 4 is 17.5 Å². The van der Waals surface area contributed by atoms with Crippen LogP contribution < -0.4 is 10.6 Å². The van der Waals surface area contributed by atoms with Crippen molar-refractivity contribution in [1.29, 1.82) is 0 Å². The third-order valence-corrected chi connectivity index (χ3v) is 3.63. The monoisotopic (exact) mass is 290 g/mol. The molecule has 2 N–H and O–H groups in total. The van der Waals surface area contributed by atoms with Gasteiger partial charge in [-0.25, -0.2) is 0 Å². The summed E-state index contributed by atoms with van der Waals surface area (Å²) in [4.78, 5) is 23.8. The molecule has 1 heterocycles. The number of carbonyl (C=O) groups excluding carboxylic acids is 2. The molecule has 1 fully saturated rings. The molecule has 21 heavy (non-hydrogen) atoms. The van der Waals surface area contributed by atoms with Crippen LogP contribution in [0.3, 0.4) is 0 Å². The van der Waals surface area contributed by atoms with Crippen molar-refractivity contribution in [3.05, 3.63) is 29.8 Å². The maximum atomic E-state index is 11.9. The van der Waals surface area contributed by atoms with E-state index in [2.05, 4.69) is 10.6 Å². The fourth-order valence-corrected chi connectivity index (χ4v) is 2.12. The zero-order valence-corrected chi connectivity index (χ0v) is 12.5. The summed E-state index contributed by atoms with van der Waals surface area (Å²) in [5.74, 6) is -0.217. The third-order valence-electron chi connectivity index (χ3n) is 3.63. The second-order valence-corrected chi connectivity index (χ2v) is 5.35. The van der Waals surface area contributed by atoms with Gasteiger partial charge in [0.05, 0.1) is 0 Å². The lowest BCUT2D eigenvalue weighted by molar-refractivity contribution is -0.124. The molecular weight excluding hydrogens is 268 g/mol. The summed E-state index contributed by atoms with van der Waals surface area (Å²) < 4.78 is 5.33. The quantitative estimate of drug-likeness (QED) is 0.874. The predicted octanol–water partition coefficient (Wildman–Crippen LogP) is 2.33. The van der Waals surface area contributed by atoms with Crippen LogP contribution in [0.25, 0.3) is 0 Å². The van der Waals surface area contributed by atoms with Crippen LogP contribution in [0.1, 0.15) is 43.5 Å². The highest BCUT2D eigenvalue weighted by Gasteiger charge is 2.23. The van der Waals surface area contributed by atoms with E-state index in [-0.39, 0.29) is 24.0 Å². The molecule has 1 aliphatic rings. The van der Waals surface area contributed by atoms with Crippen molar-refractivity contribution in [2.75, 3.05) is 11.9 Å². The molecule has 1 aliphatic heterocycles. The molecule has 1 aromatic carbocycles. The van der Waals surface area contributed by atoms with E-state index in [1.807, 2.05) is 13.8 Å². The smallest absolute Gasteiger partial charge is 0.253 e. The zero-order valence-electron chi connectivity index (χ0n) is 12.5. The molecule has 2 rings (SSSR count). The molecular formula is C16H22N2O3. The van der Waals surface area contributed by atoms with Crippen LogP contribution in [-0.2, 0) is 9.53 Å². The van der Waals surface area contributed by atoms with Gasteiger partial charge in [-0.05, 0) is 50.5 Å². The Kier molecular flexibility index (Phi) is 5.33. The molecule has 0 radical (unpaired) electrons. The van der Waals surface area contributed by atoms with Crippen LogP contribution in [0.5, 0.6) is 0 Å². The summed E-state index contributed by atoms with van der Waals surface area (Å²) in [5, 5.41) is 5.71. The summed E-state index contributed by atoms with van der Waals surface area (Å²) in [7, 11) is 0. The summed E-state index contributed by atoms with van der Waals surface area (Å²) in [6.07, 6.45) is 2.23. The summed E-state index contributed by atoms with van der Waals surface area (Å²) >= 11 is 0. The number of benzene rings is 1. The van der Waals surface area contributed by atoms with Gasteiger partial charge < -0.3 is 15.4 Å². The van der Waals surface area contributed by atoms with E-state index < -0.39 is 0 Å². The van der Waals surface area contributed by atoms with Gasteiger partial charge in [0.25, 0.3) is 11.8 Å². The van der Waals surface area contributed by atoms with E-state index in [1.54, 1.807) is 24.3 Å². The molecule has 5 heteroatoms. The summed E-state index contributed by atoms with van der Waals surface area (Å²) in [6.45, 7) is 4.63. The second kappa shape index (κ2) is 7.22. The van der Waals surface area contributed by atoms with Gasteiger partial charge in [0.15, 0.2) is 0 Å². The number of hydrogen-bond acceptors (Lipinski definition) is 3. The highest BCUT2D eigenvalue weighted by atomic mass is 16.5. The van der Waals surface area contributed by atoms with E-state index >= 15 is 0 Å². The van der Waals surface area contributed by atoms with Gasteiger partial charge in [0.1, 0.15) is 6.10 Å². The fourth-order valence-electron chi connectivity index (χ4n) is 2.12. The van der Waals surface area contributed by atoms with Crippen molar-refractivity contribution in [3.8, 4) is 0 Å². The van der Waals surface area contributed by atoms with Crippen LogP contribution in [0, 0.1) is 0 Å². The SMILES string of the molecule is CCC(C)NC(=O)c1ccc(NC(=O)C2CCCO2)cc1. The van der Waals surface area contributed by atoms with Crippen molar-refractivity contribution in [2.24, 2.45) is 0 Å². The molecule has 0 saturated carbocycles. The molecule has 2 atom stereocenters. The Morgan fingerprint density at radius 2 is 2.05 bits per heavy atom. The van der Waals surface area contributed by atoms with E-state index in [0.29, 0.717) is 17.9 Å². The van der Waals surface area contributed by atoms with Crippen molar-refractivity contribution in [1.82, 2.24) is 5.32 Å². The first kappa shape index (κ1) is 15.5. The largest absolute Gasteiger partial charge is 0.368 e. The lowest BCUT2D eigenvalue weighted by atomic mass is 10.1. The molecule has 2 unspecified atom stereocenters. The van der Waals surface area contributed by atoms with Gasteiger partial charge in [-0.1, -0.05) is 6.92 Å². The first-order valence-electron chi connectivity index (χ1n) is 7.43. The Bertz CT molecular complexity index is 493. The van der Waals surface area contributed by atoms with Crippen molar-refractivity contribution in [2.45, 2.75) is 45.3 Å². The third kappa shape index (κ3) is 4.29. The summed E-state index contributed by atoms with van der Waals surface area (Å²) in [5.41, 5.74) is 1.26. The molecule has 5 nitrogen and oxygen atoms in total. The number of amides is 2. The maximum Gasteiger partial charge on any atom is 0.253 e. The molecule has 2 amide bonds. The van der Waals surface area contributed by atoms with E-state index in [1.165, 1.54) is 0 Å². The highest BCUT2D eigenvalue weighted by Crippen LogP contribution is 2.16. The van der Waals surface area contributed by atoms with Gasteiger partial charge in [-0.2, -0.15) is 0 Å². The van der Waals surface area contributed by atoms with E-state index in [9.17, 15) is 9.59 Å². The molecule has 1 saturated heterocycles. The number of hydrogen-bond donors (Lipinski definition) is 2. The van der Waals surface area contributed by atoms with Crippen LogP contribution in [-0.4, -0.2) is 30.6 Å². The van der Waals surface area contributed by atoms with Gasteiger partial charge >= 0.3 is 0 Å². The minimum Gasteiger partial charge on any atom is -0.368 e. The standard InChI is InChI=1S/C16H22N2O3/c1-3-11(2)17-15(19)12-6-8-13(9-7-12)18-16(20)14-5-4-10-21-14/h6-9,11,14H,3-5,10H2,1-2H3,(H,17,19)(H,18,20). The Morgan fingerprint density at radius 3 is 2.62 bits per heavy atom. The molecule has 0 aromatic heterocycles. The Hall–Kier alpha value is -1.88. The first-order chi connectivity index (χ1) is 10.1. The van der Waals surface area contributed by atoms with E-state index in [4.69, 9.17) is 4.74 Å². The first-order valence-corrected chi connectivity index (χ1v) is 7.43. The predicted molar refractivity (Wildman–Crippen MR) is 81.3 cm³/mol. The fraction of sp³-hybridized carbons (Fsp3) is 0.500. The minimum absolute atomic E-state index is 0.0960. The average Bonchev–Trinajstić information content (AvgIpc) is 3.02. The van der Waals surface area contributed by atoms with Gasteiger partial charge in [0.2, 0.25) is 0 Å².